The van der Waals surface area contributed by atoms with Gasteiger partial charge in [-0.2, -0.15) is 0 Å². The number of hydroxylamine groups is 1. The zero-order chi connectivity index (χ0) is 19.3. The lowest BCUT2D eigenvalue weighted by atomic mass is 9.93. The van der Waals surface area contributed by atoms with Gasteiger partial charge in [0.15, 0.2) is 0 Å². The Kier molecular flexibility index (Phi) is 6.72. The van der Waals surface area contributed by atoms with Crippen molar-refractivity contribution in [2.75, 3.05) is 0 Å². The second-order valence-corrected chi connectivity index (χ2v) is 7.73. The van der Waals surface area contributed by atoms with Crippen LogP contribution in [0.4, 0.5) is 4.79 Å². The first-order valence-electron chi connectivity index (χ1n) is 8.58. The summed E-state index contributed by atoms with van der Waals surface area (Å²) in [5, 5.41) is 11.8. The van der Waals surface area contributed by atoms with Gasteiger partial charge in [0.05, 0.1) is 16.7 Å². The Bertz CT molecular complexity index is 651. The first-order chi connectivity index (χ1) is 12.2. The van der Waals surface area contributed by atoms with Crippen LogP contribution in [0.25, 0.3) is 0 Å². The molecule has 0 radical (unpaired) electrons. The van der Waals surface area contributed by atoms with Crippen LogP contribution in [0.3, 0.4) is 0 Å². The van der Waals surface area contributed by atoms with Gasteiger partial charge < -0.3 is 14.8 Å². The highest BCUT2D eigenvalue weighted by atomic mass is 35.5. The molecule has 26 heavy (non-hydrogen) atoms. The van der Waals surface area contributed by atoms with E-state index in [0.29, 0.717) is 5.75 Å². The molecule has 1 saturated carbocycles. The van der Waals surface area contributed by atoms with Crippen molar-refractivity contribution in [3.8, 4) is 5.75 Å². The van der Waals surface area contributed by atoms with E-state index in [1.54, 1.807) is 17.6 Å². The van der Waals surface area contributed by atoms with Gasteiger partial charge in [-0.25, -0.2) is 10.3 Å². The lowest BCUT2D eigenvalue weighted by molar-refractivity contribution is 0.0470. The molecule has 0 aromatic heterocycles. The molecule has 2 amide bonds. The highest BCUT2D eigenvalue weighted by molar-refractivity contribution is 6.33. The summed E-state index contributed by atoms with van der Waals surface area (Å²) in [6.07, 6.45) is 2.78. The molecule has 0 heterocycles. The summed E-state index contributed by atoms with van der Waals surface area (Å²) in [7, 11) is 0. The maximum Gasteiger partial charge on any atom is 0.407 e. The van der Waals surface area contributed by atoms with Gasteiger partial charge in [0.1, 0.15) is 11.4 Å². The Labute approximate surface area is 158 Å². The molecule has 0 bridgehead atoms. The number of alkyl carbamates (subject to hydrolysis) is 1. The Hall–Kier alpha value is -1.99. The van der Waals surface area contributed by atoms with Gasteiger partial charge in [-0.15, -0.1) is 0 Å². The van der Waals surface area contributed by atoms with Gasteiger partial charge in [0, 0.05) is 6.04 Å². The fourth-order valence-corrected chi connectivity index (χ4v) is 3.06. The van der Waals surface area contributed by atoms with Crippen LogP contribution in [0.15, 0.2) is 18.2 Å². The topological polar surface area (TPSA) is 96.9 Å². The van der Waals surface area contributed by atoms with Crippen LogP contribution in [0.1, 0.15) is 56.8 Å². The Morgan fingerprint density at radius 1 is 1.19 bits per heavy atom. The van der Waals surface area contributed by atoms with E-state index in [9.17, 15) is 9.59 Å². The molecule has 144 valence electrons. The Balaban J connectivity index is 1.82. The minimum Gasteiger partial charge on any atom is -0.490 e. The molecular weight excluding hydrogens is 360 g/mol. The van der Waals surface area contributed by atoms with Crippen molar-refractivity contribution < 1.29 is 24.3 Å². The number of carbonyl (C=O) groups excluding carboxylic acids is 2. The number of ether oxygens (including phenoxy) is 2. The smallest absolute Gasteiger partial charge is 0.407 e. The molecule has 8 heteroatoms. The Morgan fingerprint density at radius 3 is 2.38 bits per heavy atom. The molecule has 3 N–H and O–H groups in total. The minimum atomic E-state index is -0.671. The molecule has 1 aliphatic carbocycles. The third kappa shape index (κ3) is 6.07. The fourth-order valence-electron chi connectivity index (χ4n) is 2.81. The first-order valence-corrected chi connectivity index (χ1v) is 8.96. The van der Waals surface area contributed by atoms with Crippen molar-refractivity contribution in [2.24, 2.45) is 0 Å². The van der Waals surface area contributed by atoms with Crippen molar-refractivity contribution >= 4 is 23.6 Å². The molecule has 0 unspecified atom stereocenters. The quantitative estimate of drug-likeness (QED) is 0.543. The predicted molar refractivity (Wildman–Crippen MR) is 96.7 cm³/mol. The minimum absolute atomic E-state index is 0.0141. The van der Waals surface area contributed by atoms with Crippen molar-refractivity contribution in [3.63, 3.8) is 0 Å². The van der Waals surface area contributed by atoms with E-state index in [2.05, 4.69) is 5.32 Å². The second kappa shape index (κ2) is 8.60. The molecule has 1 fully saturated rings. The highest BCUT2D eigenvalue weighted by Crippen LogP contribution is 2.27. The summed E-state index contributed by atoms with van der Waals surface area (Å²) in [5.74, 6) is -0.108. The molecule has 1 aliphatic rings. The van der Waals surface area contributed by atoms with E-state index in [-0.39, 0.29) is 22.7 Å². The van der Waals surface area contributed by atoms with Gasteiger partial charge in [0.25, 0.3) is 5.91 Å². The number of halogens is 1. The summed E-state index contributed by atoms with van der Waals surface area (Å²) in [5.41, 5.74) is 1.21. The van der Waals surface area contributed by atoms with E-state index in [4.69, 9.17) is 26.3 Å². The number of rotatable bonds is 4. The number of nitrogens with one attached hydrogen (secondary N) is 2. The maximum atomic E-state index is 11.8. The van der Waals surface area contributed by atoms with Gasteiger partial charge >= 0.3 is 6.09 Å². The SMILES string of the molecule is CC(C)(C)OC(=O)NC1CCC(Oc2ccc(C(=O)NO)c(Cl)c2)CC1. The molecule has 1 aromatic rings. The normalized spacial score (nSPS) is 20.2. The number of hydrogen-bond donors (Lipinski definition) is 3. The van der Waals surface area contributed by atoms with Crippen molar-refractivity contribution in [3.05, 3.63) is 28.8 Å². The number of hydrogen-bond acceptors (Lipinski definition) is 5. The molecule has 0 atom stereocenters. The molecule has 0 saturated heterocycles. The third-order valence-corrected chi connectivity index (χ3v) is 4.30. The van der Waals surface area contributed by atoms with E-state index in [0.717, 1.165) is 25.7 Å². The fraction of sp³-hybridized carbons (Fsp3) is 0.556. The zero-order valence-electron chi connectivity index (χ0n) is 15.2. The first kappa shape index (κ1) is 20.3. The largest absolute Gasteiger partial charge is 0.490 e. The number of amides is 2. The van der Waals surface area contributed by atoms with Crippen LogP contribution in [-0.4, -0.2) is 35.0 Å². The van der Waals surface area contributed by atoms with Crippen molar-refractivity contribution in [2.45, 2.75) is 64.2 Å². The highest BCUT2D eigenvalue weighted by Gasteiger charge is 2.26. The zero-order valence-corrected chi connectivity index (χ0v) is 15.9. The summed E-state index contributed by atoms with van der Waals surface area (Å²) >= 11 is 6.04. The molecule has 1 aromatic carbocycles. The van der Waals surface area contributed by atoms with Crippen LogP contribution in [0.2, 0.25) is 5.02 Å². The van der Waals surface area contributed by atoms with Crippen molar-refractivity contribution in [1.29, 1.82) is 0 Å². The maximum absolute atomic E-state index is 11.8. The van der Waals surface area contributed by atoms with Crippen LogP contribution in [0.5, 0.6) is 5.75 Å². The number of benzene rings is 1. The van der Waals surface area contributed by atoms with Crippen LogP contribution in [0, 0.1) is 0 Å². The monoisotopic (exact) mass is 384 g/mol. The van der Waals surface area contributed by atoms with Crippen LogP contribution < -0.4 is 15.5 Å². The van der Waals surface area contributed by atoms with E-state index in [1.807, 2.05) is 20.8 Å². The predicted octanol–water partition coefficient (Wildman–Crippen LogP) is 3.67. The summed E-state index contributed by atoms with van der Waals surface area (Å²) in [4.78, 5) is 23.2. The molecule has 0 aliphatic heterocycles. The van der Waals surface area contributed by atoms with Gasteiger partial charge in [-0.05, 0) is 64.7 Å². The van der Waals surface area contributed by atoms with Gasteiger partial charge in [-0.1, -0.05) is 11.6 Å². The number of carbonyl (C=O) groups is 2. The standard InChI is InChI=1S/C18H25ClN2O5/c1-18(2,3)26-17(23)20-11-4-6-12(7-5-11)25-13-8-9-14(15(19)10-13)16(22)21-24/h8-12,24H,4-7H2,1-3H3,(H,20,23)(H,21,22). The summed E-state index contributed by atoms with van der Waals surface area (Å²) in [6.45, 7) is 5.49. The second-order valence-electron chi connectivity index (χ2n) is 7.32. The van der Waals surface area contributed by atoms with E-state index >= 15 is 0 Å². The van der Waals surface area contributed by atoms with E-state index in [1.165, 1.54) is 6.07 Å². The lowest BCUT2D eigenvalue weighted by Gasteiger charge is -2.30. The molecular formula is C18H25ClN2O5. The average molecular weight is 385 g/mol. The van der Waals surface area contributed by atoms with Gasteiger partial charge in [0.2, 0.25) is 0 Å². The molecule has 0 spiro atoms. The Morgan fingerprint density at radius 2 is 1.85 bits per heavy atom. The van der Waals surface area contributed by atoms with Crippen LogP contribution >= 0.6 is 11.6 Å². The summed E-state index contributed by atoms with van der Waals surface area (Å²) < 4.78 is 11.2. The van der Waals surface area contributed by atoms with Gasteiger partial charge in [-0.3, -0.25) is 10.0 Å². The average Bonchev–Trinajstić information content (AvgIpc) is 2.54. The third-order valence-electron chi connectivity index (χ3n) is 3.98. The van der Waals surface area contributed by atoms with Crippen molar-refractivity contribution in [1.82, 2.24) is 10.8 Å². The van der Waals surface area contributed by atoms with E-state index < -0.39 is 17.6 Å². The summed E-state index contributed by atoms with van der Waals surface area (Å²) in [6, 6.07) is 4.77. The molecule has 2 rings (SSSR count). The molecule has 7 nitrogen and oxygen atoms in total. The van der Waals surface area contributed by atoms with Crippen LogP contribution in [-0.2, 0) is 4.74 Å². The lowest BCUT2D eigenvalue weighted by Crippen LogP contribution is -2.42.